The van der Waals surface area contributed by atoms with Crippen molar-refractivity contribution in [2.75, 3.05) is 0 Å². The third-order valence-electron chi connectivity index (χ3n) is 2.82. The molecule has 0 saturated heterocycles. The predicted octanol–water partition coefficient (Wildman–Crippen LogP) is -0.330. The molecule has 0 aliphatic rings. The van der Waals surface area contributed by atoms with E-state index in [1.54, 1.807) is 13.2 Å². The Balaban J connectivity index is 2.08. The average molecular weight is 264 g/mol. The van der Waals surface area contributed by atoms with Gasteiger partial charge in [0.15, 0.2) is 0 Å². The molecule has 0 fully saturated rings. The molecule has 7 heteroatoms. The maximum absolute atomic E-state index is 11.9. The Labute approximate surface area is 109 Å². The van der Waals surface area contributed by atoms with Gasteiger partial charge in [0.05, 0.1) is 5.69 Å². The monoisotopic (exact) mass is 264 g/mol. The van der Waals surface area contributed by atoms with Crippen LogP contribution in [-0.4, -0.2) is 14.3 Å². The highest BCUT2D eigenvalue weighted by molar-refractivity contribution is 5.07. The van der Waals surface area contributed by atoms with E-state index in [4.69, 9.17) is 4.52 Å². The largest absolute Gasteiger partial charge is 0.361 e. The minimum absolute atomic E-state index is 0.285. The van der Waals surface area contributed by atoms with Crippen LogP contribution in [0.5, 0.6) is 0 Å². The van der Waals surface area contributed by atoms with Gasteiger partial charge in [0, 0.05) is 45.0 Å². The van der Waals surface area contributed by atoms with Gasteiger partial charge in [0.1, 0.15) is 5.76 Å². The lowest BCUT2D eigenvalue weighted by molar-refractivity contribution is 0.388. The standard InChI is InChI=1S/C12H16N4O3/c1-8-4-10(14-19-8)6-13-5-9-7-15(2)12(18)16(3)11(9)17/h4,7,13H,5-6H2,1-3H3. The molecule has 19 heavy (non-hydrogen) atoms. The summed E-state index contributed by atoms with van der Waals surface area (Å²) in [5.41, 5.74) is 0.691. The van der Waals surface area contributed by atoms with E-state index in [1.807, 2.05) is 13.0 Å². The molecule has 102 valence electrons. The first kappa shape index (κ1) is 13.3. The number of nitrogens with zero attached hydrogens (tertiary/aromatic N) is 3. The van der Waals surface area contributed by atoms with Gasteiger partial charge in [-0.1, -0.05) is 5.16 Å². The van der Waals surface area contributed by atoms with Gasteiger partial charge in [-0.15, -0.1) is 0 Å². The summed E-state index contributed by atoms with van der Waals surface area (Å²) in [5.74, 6) is 0.745. The van der Waals surface area contributed by atoms with Gasteiger partial charge in [-0.25, -0.2) is 4.79 Å². The Morgan fingerprint density at radius 3 is 2.68 bits per heavy atom. The normalized spacial score (nSPS) is 10.9. The maximum Gasteiger partial charge on any atom is 0.330 e. The third kappa shape index (κ3) is 2.82. The van der Waals surface area contributed by atoms with Crippen LogP contribution >= 0.6 is 0 Å². The summed E-state index contributed by atoms with van der Waals surface area (Å²) in [7, 11) is 3.08. The summed E-state index contributed by atoms with van der Waals surface area (Å²) in [6.45, 7) is 2.69. The first-order valence-corrected chi connectivity index (χ1v) is 5.87. The molecule has 0 aliphatic carbocycles. The highest BCUT2D eigenvalue weighted by Gasteiger charge is 2.07. The number of hydrogen-bond donors (Lipinski definition) is 1. The van der Waals surface area contributed by atoms with Crippen LogP contribution in [0, 0.1) is 6.92 Å². The molecule has 0 aromatic carbocycles. The van der Waals surface area contributed by atoms with Crippen molar-refractivity contribution in [2.24, 2.45) is 14.1 Å². The molecule has 2 aromatic rings. The Morgan fingerprint density at radius 2 is 2.05 bits per heavy atom. The fourth-order valence-electron chi connectivity index (χ4n) is 1.83. The second kappa shape index (κ2) is 5.23. The molecule has 0 bridgehead atoms. The van der Waals surface area contributed by atoms with E-state index < -0.39 is 0 Å². The minimum atomic E-state index is -0.333. The zero-order chi connectivity index (χ0) is 14.0. The highest BCUT2D eigenvalue weighted by Crippen LogP contribution is 2.00. The summed E-state index contributed by atoms with van der Waals surface area (Å²) in [6, 6.07) is 1.83. The molecule has 2 aromatic heterocycles. The second-order valence-electron chi connectivity index (χ2n) is 4.44. The summed E-state index contributed by atoms with van der Waals surface area (Å²) in [5, 5.41) is 6.94. The SMILES string of the molecule is Cc1cc(CNCc2cn(C)c(=O)n(C)c2=O)no1. The molecule has 0 atom stereocenters. The number of aromatic nitrogens is 3. The van der Waals surface area contributed by atoms with Crippen LogP contribution < -0.4 is 16.6 Å². The molecule has 2 rings (SSSR count). The Hall–Kier alpha value is -2.15. The fraction of sp³-hybridized carbons (Fsp3) is 0.417. The van der Waals surface area contributed by atoms with Crippen molar-refractivity contribution >= 4 is 0 Å². The zero-order valence-corrected chi connectivity index (χ0v) is 11.1. The van der Waals surface area contributed by atoms with Gasteiger partial charge in [-0.2, -0.15) is 0 Å². The first-order chi connectivity index (χ1) is 8.99. The van der Waals surface area contributed by atoms with Crippen molar-refractivity contribution in [2.45, 2.75) is 20.0 Å². The van der Waals surface area contributed by atoms with Crippen molar-refractivity contribution in [1.82, 2.24) is 19.6 Å². The molecule has 0 aliphatic heterocycles. The lowest BCUT2D eigenvalue weighted by atomic mass is 10.3. The van der Waals surface area contributed by atoms with Crippen molar-refractivity contribution in [3.05, 3.63) is 50.1 Å². The molecule has 0 saturated carbocycles. The number of nitrogens with one attached hydrogen (secondary N) is 1. The maximum atomic E-state index is 11.9. The van der Waals surface area contributed by atoms with Crippen molar-refractivity contribution in [3.63, 3.8) is 0 Å². The average Bonchev–Trinajstić information content (AvgIpc) is 2.79. The molecule has 2 heterocycles. The molecular formula is C12H16N4O3. The Bertz CT molecular complexity index is 696. The van der Waals surface area contributed by atoms with Crippen LogP contribution in [0.4, 0.5) is 0 Å². The zero-order valence-electron chi connectivity index (χ0n) is 11.1. The molecule has 7 nitrogen and oxygen atoms in total. The van der Waals surface area contributed by atoms with E-state index in [0.29, 0.717) is 18.7 Å². The van der Waals surface area contributed by atoms with Gasteiger partial charge in [-0.3, -0.25) is 9.36 Å². The van der Waals surface area contributed by atoms with Crippen molar-refractivity contribution < 1.29 is 4.52 Å². The van der Waals surface area contributed by atoms with E-state index in [-0.39, 0.29) is 11.2 Å². The molecule has 0 spiro atoms. The van der Waals surface area contributed by atoms with Crippen LogP contribution in [0.1, 0.15) is 17.0 Å². The topological polar surface area (TPSA) is 82.1 Å². The van der Waals surface area contributed by atoms with E-state index in [1.165, 1.54) is 11.6 Å². The highest BCUT2D eigenvalue weighted by atomic mass is 16.5. The molecule has 0 radical (unpaired) electrons. The Kier molecular flexibility index (Phi) is 3.66. The quantitative estimate of drug-likeness (QED) is 0.817. The second-order valence-corrected chi connectivity index (χ2v) is 4.44. The van der Waals surface area contributed by atoms with Gasteiger partial charge in [0.2, 0.25) is 0 Å². The summed E-state index contributed by atoms with van der Waals surface area (Å²) in [4.78, 5) is 23.4. The molecule has 1 N–H and O–H groups in total. The van der Waals surface area contributed by atoms with Gasteiger partial charge >= 0.3 is 5.69 Å². The van der Waals surface area contributed by atoms with E-state index in [0.717, 1.165) is 16.0 Å². The van der Waals surface area contributed by atoms with Crippen LogP contribution in [0.2, 0.25) is 0 Å². The van der Waals surface area contributed by atoms with Crippen LogP contribution in [0.3, 0.4) is 0 Å². The van der Waals surface area contributed by atoms with Gasteiger partial charge < -0.3 is 14.4 Å². The van der Waals surface area contributed by atoms with E-state index >= 15 is 0 Å². The molecule has 0 unspecified atom stereocenters. The van der Waals surface area contributed by atoms with Gasteiger partial charge in [-0.05, 0) is 6.92 Å². The van der Waals surface area contributed by atoms with Crippen molar-refractivity contribution in [3.8, 4) is 0 Å². The summed E-state index contributed by atoms with van der Waals surface area (Å²) < 4.78 is 7.43. The molecular weight excluding hydrogens is 248 g/mol. The number of rotatable bonds is 4. The number of aryl methyl sites for hydroxylation is 2. The summed E-state index contributed by atoms with van der Waals surface area (Å²) >= 11 is 0. The number of hydrogen-bond acceptors (Lipinski definition) is 5. The lowest BCUT2D eigenvalue weighted by Gasteiger charge is -2.07. The third-order valence-corrected chi connectivity index (χ3v) is 2.82. The van der Waals surface area contributed by atoms with Crippen molar-refractivity contribution in [1.29, 1.82) is 0 Å². The predicted molar refractivity (Wildman–Crippen MR) is 68.7 cm³/mol. The first-order valence-electron chi connectivity index (χ1n) is 5.87. The van der Waals surface area contributed by atoms with E-state index in [9.17, 15) is 9.59 Å². The van der Waals surface area contributed by atoms with Crippen LogP contribution in [0.15, 0.2) is 26.4 Å². The van der Waals surface area contributed by atoms with Crippen LogP contribution in [0.25, 0.3) is 0 Å². The smallest absolute Gasteiger partial charge is 0.330 e. The lowest BCUT2D eigenvalue weighted by Crippen LogP contribution is -2.39. The van der Waals surface area contributed by atoms with Gasteiger partial charge in [0.25, 0.3) is 5.56 Å². The van der Waals surface area contributed by atoms with E-state index in [2.05, 4.69) is 10.5 Å². The minimum Gasteiger partial charge on any atom is -0.361 e. The van der Waals surface area contributed by atoms with Crippen LogP contribution in [-0.2, 0) is 27.2 Å². The Morgan fingerprint density at radius 1 is 1.32 bits per heavy atom. The fourth-order valence-corrected chi connectivity index (χ4v) is 1.83. The molecule has 0 amide bonds. The summed E-state index contributed by atoms with van der Waals surface area (Å²) in [6.07, 6.45) is 1.55.